The van der Waals surface area contributed by atoms with Crippen molar-refractivity contribution in [3.8, 4) is 0 Å². The number of nitrogens with two attached hydrogens (primary N) is 1. The van der Waals surface area contributed by atoms with Crippen molar-refractivity contribution in [3.63, 3.8) is 0 Å². The fourth-order valence-corrected chi connectivity index (χ4v) is 2.29. The monoisotopic (exact) mass is 232 g/mol. The predicted molar refractivity (Wildman–Crippen MR) is 69.9 cm³/mol. The van der Waals surface area contributed by atoms with Crippen molar-refractivity contribution in [2.24, 2.45) is 5.41 Å². The lowest BCUT2D eigenvalue weighted by atomic mass is 9.70. The molecule has 3 nitrogen and oxygen atoms in total. The summed E-state index contributed by atoms with van der Waals surface area (Å²) in [6.07, 6.45) is 3.72. The Bertz CT molecular complexity index is 436. The van der Waals surface area contributed by atoms with Crippen LogP contribution < -0.4 is 11.1 Å². The molecule has 0 bridgehead atoms. The van der Waals surface area contributed by atoms with Crippen molar-refractivity contribution in [3.05, 3.63) is 29.3 Å². The van der Waals surface area contributed by atoms with E-state index in [9.17, 15) is 4.79 Å². The number of anilines is 1. The summed E-state index contributed by atoms with van der Waals surface area (Å²) in [6, 6.07) is 5.40. The van der Waals surface area contributed by atoms with Gasteiger partial charge < -0.3 is 11.1 Å². The van der Waals surface area contributed by atoms with Crippen LogP contribution in [0.3, 0.4) is 0 Å². The van der Waals surface area contributed by atoms with Gasteiger partial charge in [0.2, 0.25) is 0 Å². The molecule has 0 aromatic heterocycles. The fraction of sp³-hybridized carbons (Fsp3) is 0.500. The summed E-state index contributed by atoms with van der Waals surface area (Å²) in [6.45, 7) is 4.92. The number of rotatable bonds is 3. The maximum Gasteiger partial charge on any atom is 0.251 e. The third kappa shape index (κ3) is 2.60. The van der Waals surface area contributed by atoms with Gasteiger partial charge in [-0.3, -0.25) is 4.79 Å². The molecule has 0 heterocycles. The van der Waals surface area contributed by atoms with Gasteiger partial charge in [-0.1, -0.05) is 13.3 Å². The van der Waals surface area contributed by atoms with E-state index >= 15 is 0 Å². The highest BCUT2D eigenvalue weighted by atomic mass is 16.1. The van der Waals surface area contributed by atoms with Crippen molar-refractivity contribution in [2.45, 2.75) is 33.1 Å². The molecular weight excluding hydrogens is 212 g/mol. The minimum atomic E-state index is 0.00984. The number of nitrogens with one attached hydrogen (secondary N) is 1. The van der Waals surface area contributed by atoms with Crippen LogP contribution in [0.2, 0.25) is 0 Å². The average Bonchev–Trinajstić information content (AvgIpc) is 2.23. The number of hydrogen-bond acceptors (Lipinski definition) is 2. The highest BCUT2D eigenvalue weighted by Gasteiger charge is 2.31. The van der Waals surface area contributed by atoms with Crippen LogP contribution in [0, 0.1) is 12.3 Å². The summed E-state index contributed by atoms with van der Waals surface area (Å²) in [7, 11) is 0. The summed E-state index contributed by atoms with van der Waals surface area (Å²) in [5, 5.41) is 3.02. The third-order valence-electron chi connectivity index (χ3n) is 3.73. The predicted octanol–water partition coefficient (Wildman–Crippen LogP) is 2.50. The second-order valence-electron chi connectivity index (χ2n) is 5.42. The molecular formula is C14H20N2O. The molecule has 1 amide bonds. The highest BCUT2D eigenvalue weighted by molar-refractivity contribution is 5.96. The smallest absolute Gasteiger partial charge is 0.251 e. The topological polar surface area (TPSA) is 55.1 Å². The maximum absolute atomic E-state index is 12.0. The fourth-order valence-electron chi connectivity index (χ4n) is 2.29. The summed E-state index contributed by atoms with van der Waals surface area (Å²) in [5.74, 6) is 0.00984. The second-order valence-corrected chi connectivity index (χ2v) is 5.42. The standard InChI is InChI=1S/C14H20N2O/c1-10-8-11(15)4-5-12(10)13(17)16-9-14(2)6-3-7-14/h4-5,8H,3,6-7,9,15H2,1-2H3,(H,16,17). The van der Waals surface area contributed by atoms with E-state index in [0.717, 1.165) is 17.7 Å². The molecule has 1 aromatic rings. The van der Waals surface area contributed by atoms with Crippen LogP contribution in [0.15, 0.2) is 18.2 Å². The molecule has 92 valence electrons. The lowest BCUT2D eigenvalue weighted by molar-refractivity contribution is 0.0890. The molecule has 0 spiro atoms. The molecule has 0 unspecified atom stereocenters. The first-order valence-electron chi connectivity index (χ1n) is 6.15. The van der Waals surface area contributed by atoms with E-state index in [1.807, 2.05) is 13.0 Å². The lowest BCUT2D eigenvalue weighted by Gasteiger charge is -2.38. The van der Waals surface area contributed by atoms with Crippen LogP contribution >= 0.6 is 0 Å². The van der Waals surface area contributed by atoms with Crippen molar-refractivity contribution < 1.29 is 4.79 Å². The Morgan fingerprint density at radius 3 is 2.71 bits per heavy atom. The molecule has 1 aliphatic rings. The zero-order valence-corrected chi connectivity index (χ0v) is 10.5. The first-order valence-corrected chi connectivity index (χ1v) is 6.15. The largest absolute Gasteiger partial charge is 0.399 e. The van der Waals surface area contributed by atoms with Gasteiger partial charge in [0.05, 0.1) is 0 Å². The molecule has 1 fully saturated rings. The van der Waals surface area contributed by atoms with Crippen LogP contribution in [0.25, 0.3) is 0 Å². The van der Waals surface area contributed by atoms with Crippen LogP contribution in [0.1, 0.15) is 42.1 Å². The molecule has 3 heteroatoms. The Balaban J connectivity index is 1.99. The van der Waals surface area contributed by atoms with Gasteiger partial charge >= 0.3 is 0 Å². The van der Waals surface area contributed by atoms with Gasteiger partial charge in [0.15, 0.2) is 0 Å². The molecule has 0 saturated heterocycles. The SMILES string of the molecule is Cc1cc(N)ccc1C(=O)NCC1(C)CCC1. The molecule has 0 atom stereocenters. The molecule has 3 N–H and O–H groups in total. The van der Waals surface area contributed by atoms with Gasteiger partial charge in [0, 0.05) is 17.8 Å². The summed E-state index contributed by atoms with van der Waals surface area (Å²) in [4.78, 5) is 12.0. The Labute approximate surface area is 102 Å². The maximum atomic E-state index is 12.0. The van der Waals surface area contributed by atoms with Gasteiger partial charge in [-0.25, -0.2) is 0 Å². The van der Waals surface area contributed by atoms with Crippen molar-refractivity contribution in [2.75, 3.05) is 12.3 Å². The molecule has 2 rings (SSSR count). The van der Waals surface area contributed by atoms with Crippen LogP contribution in [-0.4, -0.2) is 12.5 Å². The summed E-state index contributed by atoms with van der Waals surface area (Å²) >= 11 is 0. The van der Waals surface area contributed by atoms with E-state index in [1.54, 1.807) is 12.1 Å². The molecule has 0 radical (unpaired) electrons. The normalized spacial score (nSPS) is 17.3. The van der Waals surface area contributed by atoms with Gasteiger partial charge in [-0.15, -0.1) is 0 Å². The lowest BCUT2D eigenvalue weighted by Crippen LogP contribution is -2.40. The molecule has 17 heavy (non-hydrogen) atoms. The van der Waals surface area contributed by atoms with E-state index in [1.165, 1.54) is 19.3 Å². The second kappa shape index (κ2) is 4.40. The van der Waals surface area contributed by atoms with Gasteiger partial charge in [0.25, 0.3) is 5.91 Å². The number of nitrogen functional groups attached to an aromatic ring is 1. The Kier molecular flexibility index (Phi) is 3.09. The minimum absolute atomic E-state index is 0.00984. The summed E-state index contributed by atoms with van der Waals surface area (Å²) < 4.78 is 0. The van der Waals surface area contributed by atoms with Gasteiger partial charge in [-0.2, -0.15) is 0 Å². The van der Waals surface area contributed by atoms with Gasteiger partial charge in [-0.05, 0) is 48.9 Å². The average molecular weight is 232 g/mol. The van der Waals surface area contributed by atoms with E-state index in [2.05, 4.69) is 12.2 Å². The zero-order chi connectivity index (χ0) is 12.5. The van der Waals surface area contributed by atoms with Crippen LogP contribution in [-0.2, 0) is 0 Å². The molecule has 1 saturated carbocycles. The zero-order valence-electron chi connectivity index (χ0n) is 10.5. The van der Waals surface area contributed by atoms with E-state index in [0.29, 0.717) is 11.1 Å². The van der Waals surface area contributed by atoms with Crippen LogP contribution in [0.4, 0.5) is 5.69 Å². The molecule has 0 aliphatic heterocycles. The van der Waals surface area contributed by atoms with Crippen molar-refractivity contribution in [1.82, 2.24) is 5.32 Å². The Morgan fingerprint density at radius 1 is 1.47 bits per heavy atom. The van der Waals surface area contributed by atoms with Gasteiger partial charge in [0.1, 0.15) is 0 Å². The number of hydrogen-bond donors (Lipinski definition) is 2. The van der Waals surface area contributed by atoms with Crippen molar-refractivity contribution in [1.29, 1.82) is 0 Å². The molecule has 1 aliphatic carbocycles. The van der Waals surface area contributed by atoms with Crippen molar-refractivity contribution >= 4 is 11.6 Å². The Hall–Kier alpha value is -1.51. The quantitative estimate of drug-likeness (QED) is 0.787. The first kappa shape index (κ1) is 12.0. The highest BCUT2D eigenvalue weighted by Crippen LogP contribution is 2.39. The van der Waals surface area contributed by atoms with E-state index < -0.39 is 0 Å². The van der Waals surface area contributed by atoms with E-state index in [4.69, 9.17) is 5.73 Å². The first-order chi connectivity index (χ1) is 8.00. The minimum Gasteiger partial charge on any atom is -0.399 e. The summed E-state index contributed by atoms with van der Waals surface area (Å²) in [5.41, 5.74) is 8.34. The number of benzene rings is 1. The van der Waals surface area contributed by atoms with Crippen LogP contribution in [0.5, 0.6) is 0 Å². The number of aryl methyl sites for hydroxylation is 1. The number of carbonyl (C=O) groups excluding carboxylic acids is 1. The Morgan fingerprint density at radius 2 is 2.18 bits per heavy atom. The number of amides is 1. The van der Waals surface area contributed by atoms with E-state index in [-0.39, 0.29) is 5.91 Å². The molecule has 1 aromatic carbocycles. The number of carbonyl (C=O) groups is 1. The third-order valence-corrected chi connectivity index (χ3v) is 3.73.